The summed E-state index contributed by atoms with van der Waals surface area (Å²) in [4.78, 5) is 2.61. The van der Waals surface area contributed by atoms with Crippen LogP contribution in [0.25, 0.3) is 10.4 Å². The number of azide groups is 1. The Morgan fingerprint density at radius 3 is 2.70 bits per heavy atom. The maximum Gasteiger partial charge on any atom is 0.171 e. The minimum atomic E-state index is -0.674. The quantitative estimate of drug-likeness (QED) is 0.329. The second-order valence-electron chi connectivity index (χ2n) is 2.22. The van der Waals surface area contributed by atoms with Crippen LogP contribution in [0.3, 0.4) is 0 Å². The molecule has 0 unspecified atom stereocenters. The lowest BCUT2D eigenvalue weighted by atomic mass is 10.3. The van der Waals surface area contributed by atoms with Crippen molar-refractivity contribution >= 4 is 0 Å². The van der Waals surface area contributed by atoms with Crippen molar-refractivity contribution in [3.8, 4) is 0 Å². The molecule has 0 aliphatic carbocycles. The lowest BCUT2D eigenvalue weighted by molar-refractivity contribution is -0.132. The first-order chi connectivity index (χ1) is 4.77. The van der Waals surface area contributed by atoms with Crippen LogP contribution in [0.5, 0.6) is 0 Å². The third-order valence-electron chi connectivity index (χ3n) is 1.32. The molecule has 0 radical (unpaired) electrons. The third kappa shape index (κ3) is 1.60. The zero-order valence-corrected chi connectivity index (χ0v) is 5.78. The van der Waals surface area contributed by atoms with E-state index in [0.29, 0.717) is 13.2 Å². The Labute approximate surface area is 58.6 Å². The second-order valence-corrected chi connectivity index (χ2v) is 2.22. The molecule has 0 bridgehead atoms. The van der Waals surface area contributed by atoms with Crippen LogP contribution in [0, 0.1) is 0 Å². The van der Waals surface area contributed by atoms with Crippen LogP contribution >= 0.6 is 0 Å². The van der Waals surface area contributed by atoms with Crippen LogP contribution in [0.2, 0.25) is 0 Å². The molecule has 1 fully saturated rings. The lowest BCUT2D eigenvalue weighted by Crippen LogP contribution is -2.28. The van der Waals surface area contributed by atoms with Gasteiger partial charge in [-0.15, -0.1) is 0 Å². The van der Waals surface area contributed by atoms with Gasteiger partial charge in [-0.2, -0.15) is 0 Å². The summed E-state index contributed by atoms with van der Waals surface area (Å²) in [5.41, 5.74) is 7.99. The molecule has 0 N–H and O–H groups in total. The van der Waals surface area contributed by atoms with Gasteiger partial charge in [0.25, 0.3) is 0 Å². The van der Waals surface area contributed by atoms with Gasteiger partial charge in [0.1, 0.15) is 0 Å². The normalized spacial score (nSPS) is 22.1. The first kappa shape index (κ1) is 7.34. The minimum absolute atomic E-state index is 0.240. The fraction of sp³-hybridized carbons (Fsp3) is 1.00. The molecular weight excluding hydrogens is 134 g/mol. The van der Waals surface area contributed by atoms with Gasteiger partial charge < -0.3 is 9.47 Å². The van der Waals surface area contributed by atoms with Crippen molar-refractivity contribution in [3.63, 3.8) is 0 Å². The second kappa shape index (κ2) is 2.88. The topological polar surface area (TPSA) is 67.2 Å². The summed E-state index contributed by atoms with van der Waals surface area (Å²) in [7, 11) is 0. The maximum atomic E-state index is 7.99. The zero-order valence-electron chi connectivity index (χ0n) is 5.78. The van der Waals surface area contributed by atoms with E-state index >= 15 is 0 Å². The van der Waals surface area contributed by atoms with Gasteiger partial charge in [0.15, 0.2) is 5.79 Å². The van der Waals surface area contributed by atoms with Crippen molar-refractivity contribution in [2.75, 3.05) is 19.8 Å². The SMILES string of the molecule is CC1(CN=[N+]=[N-])OCCO1. The van der Waals surface area contributed by atoms with Crippen LogP contribution in [0.1, 0.15) is 6.92 Å². The van der Waals surface area contributed by atoms with Crippen molar-refractivity contribution in [1.82, 2.24) is 0 Å². The Morgan fingerprint density at radius 2 is 2.20 bits per heavy atom. The van der Waals surface area contributed by atoms with Crippen LogP contribution in [-0.2, 0) is 9.47 Å². The van der Waals surface area contributed by atoms with Crippen LogP contribution in [0.4, 0.5) is 0 Å². The summed E-state index contributed by atoms with van der Waals surface area (Å²) in [6.45, 7) is 3.16. The predicted molar refractivity (Wildman–Crippen MR) is 34.3 cm³/mol. The average Bonchev–Trinajstić information content (AvgIpc) is 2.33. The van der Waals surface area contributed by atoms with Gasteiger partial charge in [0.05, 0.1) is 19.8 Å². The van der Waals surface area contributed by atoms with Crippen LogP contribution < -0.4 is 0 Å². The smallest absolute Gasteiger partial charge is 0.171 e. The molecule has 0 aromatic heterocycles. The molecule has 1 heterocycles. The number of rotatable bonds is 2. The van der Waals surface area contributed by atoms with E-state index in [1.807, 2.05) is 0 Å². The monoisotopic (exact) mass is 143 g/mol. The van der Waals surface area contributed by atoms with Crippen molar-refractivity contribution in [2.24, 2.45) is 5.11 Å². The number of nitrogens with zero attached hydrogens (tertiary/aromatic N) is 3. The Bertz CT molecular complexity index is 158. The highest BCUT2D eigenvalue weighted by molar-refractivity contribution is 4.70. The fourth-order valence-corrected chi connectivity index (χ4v) is 0.808. The lowest BCUT2D eigenvalue weighted by Gasteiger charge is -2.18. The standard InChI is InChI=1S/C5H9N3O2/c1-5(4-7-8-6)9-2-3-10-5/h2-4H2,1H3. The molecular formula is C5H9N3O2. The van der Waals surface area contributed by atoms with E-state index < -0.39 is 5.79 Å². The van der Waals surface area contributed by atoms with E-state index in [9.17, 15) is 0 Å². The Morgan fingerprint density at radius 1 is 1.60 bits per heavy atom. The molecule has 0 aromatic rings. The van der Waals surface area contributed by atoms with E-state index in [0.717, 1.165) is 0 Å². The van der Waals surface area contributed by atoms with E-state index in [2.05, 4.69) is 10.0 Å². The summed E-state index contributed by atoms with van der Waals surface area (Å²) in [5.74, 6) is -0.674. The number of ether oxygens (including phenoxy) is 2. The van der Waals surface area contributed by atoms with Crippen molar-refractivity contribution in [1.29, 1.82) is 0 Å². The van der Waals surface area contributed by atoms with Crippen LogP contribution in [0.15, 0.2) is 5.11 Å². The Balaban J connectivity index is 2.42. The first-order valence-corrected chi connectivity index (χ1v) is 3.06. The minimum Gasteiger partial charge on any atom is -0.348 e. The number of hydrogen-bond acceptors (Lipinski definition) is 3. The molecule has 0 spiro atoms. The van der Waals surface area contributed by atoms with E-state index in [-0.39, 0.29) is 6.54 Å². The summed E-state index contributed by atoms with van der Waals surface area (Å²) < 4.78 is 10.3. The molecule has 1 rings (SSSR count). The molecule has 0 amide bonds. The Hall–Kier alpha value is -0.770. The fourth-order valence-electron chi connectivity index (χ4n) is 0.808. The summed E-state index contributed by atoms with van der Waals surface area (Å²) in [6.07, 6.45) is 0. The average molecular weight is 143 g/mol. The van der Waals surface area contributed by atoms with Gasteiger partial charge in [-0.1, -0.05) is 5.11 Å². The first-order valence-electron chi connectivity index (χ1n) is 3.06. The Kier molecular flexibility index (Phi) is 2.11. The molecule has 0 aromatic carbocycles. The van der Waals surface area contributed by atoms with Crippen molar-refractivity contribution < 1.29 is 9.47 Å². The van der Waals surface area contributed by atoms with Crippen LogP contribution in [-0.4, -0.2) is 25.5 Å². The molecule has 5 nitrogen and oxygen atoms in total. The number of hydrogen-bond donors (Lipinski definition) is 0. The van der Waals surface area contributed by atoms with E-state index in [1.165, 1.54) is 0 Å². The molecule has 5 heteroatoms. The molecule has 1 aliphatic rings. The van der Waals surface area contributed by atoms with Crippen molar-refractivity contribution in [3.05, 3.63) is 10.4 Å². The summed E-state index contributed by atoms with van der Waals surface area (Å²) >= 11 is 0. The largest absolute Gasteiger partial charge is 0.348 e. The highest BCUT2D eigenvalue weighted by atomic mass is 16.7. The van der Waals surface area contributed by atoms with Gasteiger partial charge in [-0.05, 0) is 12.5 Å². The van der Waals surface area contributed by atoms with Crippen molar-refractivity contribution in [2.45, 2.75) is 12.7 Å². The summed E-state index contributed by atoms with van der Waals surface area (Å²) in [6, 6.07) is 0. The van der Waals surface area contributed by atoms with Gasteiger partial charge in [0.2, 0.25) is 0 Å². The van der Waals surface area contributed by atoms with Gasteiger partial charge in [-0.25, -0.2) is 0 Å². The molecule has 0 saturated carbocycles. The highest BCUT2D eigenvalue weighted by Gasteiger charge is 2.29. The molecule has 1 saturated heterocycles. The predicted octanol–water partition coefficient (Wildman–Crippen LogP) is 1.06. The maximum absolute atomic E-state index is 7.99. The molecule has 1 aliphatic heterocycles. The molecule has 0 atom stereocenters. The molecule has 56 valence electrons. The third-order valence-corrected chi connectivity index (χ3v) is 1.32. The zero-order chi connectivity index (χ0) is 7.45. The molecule has 10 heavy (non-hydrogen) atoms. The van der Waals surface area contributed by atoms with E-state index in [1.54, 1.807) is 6.92 Å². The van der Waals surface area contributed by atoms with Gasteiger partial charge >= 0.3 is 0 Å². The van der Waals surface area contributed by atoms with Gasteiger partial charge in [0, 0.05) is 4.91 Å². The van der Waals surface area contributed by atoms with E-state index in [4.69, 9.17) is 15.0 Å². The summed E-state index contributed by atoms with van der Waals surface area (Å²) in [5, 5.41) is 3.36. The van der Waals surface area contributed by atoms with Gasteiger partial charge in [-0.3, -0.25) is 0 Å². The highest BCUT2D eigenvalue weighted by Crippen LogP contribution is 2.18.